The quantitative estimate of drug-likeness (QED) is 0.458. The number of anilines is 2. The molecule has 5 rings (SSSR count). The molecular weight excluding hydrogens is 452 g/mol. The van der Waals surface area contributed by atoms with Crippen LogP contribution in [0.5, 0.6) is 11.5 Å². The number of carbonyl (C=O) groups is 1. The fourth-order valence-electron chi connectivity index (χ4n) is 4.51. The number of ether oxygens (including phenoxy) is 2. The van der Waals surface area contributed by atoms with E-state index in [1.54, 1.807) is 12.1 Å². The molecule has 0 aliphatic carbocycles. The number of hydrogen-bond acceptors (Lipinski definition) is 6. The van der Waals surface area contributed by atoms with Gasteiger partial charge in [-0.3, -0.25) is 9.69 Å². The van der Waals surface area contributed by atoms with Crippen molar-refractivity contribution in [3.05, 3.63) is 82.9 Å². The fraction of sp³-hybridized carbons (Fsp3) is 0.241. The van der Waals surface area contributed by atoms with Crippen LogP contribution in [0.25, 0.3) is 11.3 Å². The van der Waals surface area contributed by atoms with Crippen molar-refractivity contribution in [1.82, 2.24) is 4.90 Å². The van der Waals surface area contributed by atoms with E-state index < -0.39 is 0 Å². The Morgan fingerprint density at radius 1 is 1.00 bits per heavy atom. The molecule has 182 valence electrons. The van der Waals surface area contributed by atoms with Gasteiger partial charge in [0.05, 0.1) is 28.6 Å². The number of nitrogens with one attached hydrogen (secondary N) is 2. The van der Waals surface area contributed by atoms with Crippen LogP contribution in [0, 0.1) is 11.3 Å². The van der Waals surface area contributed by atoms with E-state index in [9.17, 15) is 10.1 Å². The minimum absolute atomic E-state index is 0.226. The molecule has 0 fully saturated rings. The summed E-state index contributed by atoms with van der Waals surface area (Å²) in [5, 5.41) is 15.7. The van der Waals surface area contributed by atoms with Gasteiger partial charge in [-0.25, -0.2) is 0 Å². The van der Waals surface area contributed by atoms with Gasteiger partial charge in [0.2, 0.25) is 0 Å². The van der Waals surface area contributed by atoms with Crippen LogP contribution in [0.2, 0.25) is 0 Å². The van der Waals surface area contributed by atoms with E-state index in [1.165, 1.54) is 5.56 Å². The first-order chi connectivity index (χ1) is 17.6. The summed E-state index contributed by atoms with van der Waals surface area (Å²) in [7, 11) is 0. The van der Waals surface area contributed by atoms with Crippen LogP contribution in [-0.4, -0.2) is 37.1 Å². The van der Waals surface area contributed by atoms with Gasteiger partial charge in [-0.2, -0.15) is 5.26 Å². The molecule has 0 atom stereocenters. The Balaban J connectivity index is 1.57. The van der Waals surface area contributed by atoms with E-state index in [0.29, 0.717) is 47.2 Å². The highest BCUT2D eigenvalue weighted by molar-refractivity contribution is 6.37. The van der Waals surface area contributed by atoms with Crippen LogP contribution in [0.4, 0.5) is 11.4 Å². The highest BCUT2D eigenvalue weighted by atomic mass is 16.6. The van der Waals surface area contributed by atoms with E-state index in [2.05, 4.69) is 47.6 Å². The average Bonchev–Trinajstić information content (AvgIpc) is 3.25. The molecule has 7 heteroatoms. The summed E-state index contributed by atoms with van der Waals surface area (Å²) >= 11 is 0. The van der Waals surface area contributed by atoms with Crippen LogP contribution < -0.4 is 20.1 Å². The molecule has 0 saturated heterocycles. The Morgan fingerprint density at radius 3 is 2.47 bits per heavy atom. The van der Waals surface area contributed by atoms with Gasteiger partial charge in [-0.1, -0.05) is 32.0 Å². The molecule has 0 saturated carbocycles. The molecule has 36 heavy (non-hydrogen) atoms. The first-order valence-electron chi connectivity index (χ1n) is 12.2. The third-order valence-corrected chi connectivity index (χ3v) is 6.50. The minimum atomic E-state index is -0.226. The van der Waals surface area contributed by atoms with Crippen molar-refractivity contribution in [2.24, 2.45) is 0 Å². The highest BCUT2D eigenvalue weighted by Gasteiger charge is 2.29. The molecule has 1 amide bonds. The molecule has 0 radical (unpaired) electrons. The van der Waals surface area contributed by atoms with E-state index >= 15 is 0 Å². The van der Waals surface area contributed by atoms with Gasteiger partial charge in [0, 0.05) is 23.4 Å². The molecule has 3 aromatic carbocycles. The van der Waals surface area contributed by atoms with Gasteiger partial charge < -0.3 is 20.1 Å². The zero-order chi connectivity index (χ0) is 25.1. The van der Waals surface area contributed by atoms with E-state index in [-0.39, 0.29) is 5.91 Å². The Labute approximate surface area is 210 Å². The molecule has 2 aliphatic heterocycles. The van der Waals surface area contributed by atoms with Crippen molar-refractivity contribution < 1.29 is 14.3 Å². The lowest BCUT2D eigenvalue weighted by Gasteiger charge is -2.21. The van der Waals surface area contributed by atoms with Crippen molar-refractivity contribution in [3.8, 4) is 17.6 Å². The standard InChI is InChI=1S/C29H28N4O3/c1-3-33(4-2)18-19-5-9-22(10-6-19)31-28(21-8-12-25-26(16-21)36-14-13-35-25)27-23-11-7-20(17-30)15-24(23)32-29(27)34/h5-12,15-16,31H,3-4,13-14,18H2,1-2H3,(H,32,34)/b28-27-. The van der Waals surface area contributed by atoms with E-state index in [1.807, 2.05) is 36.4 Å². The first-order valence-corrected chi connectivity index (χ1v) is 12.2. The second kappa shape index (κ2) is 10.1. The van der Waals surface area contributed by atoms with Gasteiger partial charge in [-0.05, 0) is 61.1 Å². The lowest BCUT2D eigenvalue weighted by molar-refractivity contribution is -0.110. The maximum atomic E-state index is 13.2. The lowest BCUT2D eigenvalue weighted by Crippen LogP contribution is -2.22. The summed E-state index contributed by atoms with van der Waals surface area (Å²) in [6, 6.07) is 21.3. The first kappa shape index (κ1) is 23.5. The topological polar surface area (TPSA) is 86.6 Å². The maximum Gasteiger partial charge on any atom is 0.258 e. The van der Waals surface area contributed by atoms with Gasteiger partial charge >= 0.3 is 0 Å². The zero-order valence-electron chi connectivity index (χ0n) is 20.4. The van der Waals surface area contributed by atoms with Crippen LogP contribution >= 0.6 is 0 Å². The van der Waals surface area contributed by atoms with Gasteiger partial charge in [-0.15, -0.1) is 0 Å². The largest absolute Gasteiger partial charge is 0.486 e. The third-order valence-electron chi connectivity index (χ3n) is 6.50. The number of benzene rings is 3. The maximum absolute atomic E-state index is 13.2. The van der Waals surface area contributed by atoms with Crippen LogP contribution in [0.1, 0.15) is 36.1 Å². The van der Waals surface area contributed by atoms with Crippen LogP contribution in [-0.2, 0) is 11.3 Å². The minimum Gasteiger partial charge on any atom is -0.486 e. The summed E-state index contributed by atoms with van der Waals surface area (Å²) < 4.78 is 11.5. The molecular formula is C29H28N4O3. The molecule has 7 nitrogen and oxygen atoms in total. The monoisotopic (exact) mass is 480 g/mol. The number of amides is 1. The number of rotatable bonds is 7. The smallest absolute Gasteiger partial charge is 0.258 e. The van der Waals surface area contributed by atoms with Gasteiger partial charge in [0.15, 0.2) is 11.5 Å². The van der Waals surface area contributed by atoms with Crippen molar-refractivity contribution in [3.63, 3.8) is 0 Å². The Morgan fingerprint density at radius 2 is 1.75 bits per heavy atom. The number of nitrogens with zero attached hydrogens (tertiary/aromatic N) is 2. The summed E-state index contributed by atoms with van der Waals surface area (Å²) in [5.41, 5.74) is 5.93. The van der Waals surface area contributed by atoms with Crippen LogP contribution in [0.15, 0.2) is 60.7 Å². The number of hydrogen-bond donors (Lipinski definition) is 2. The van der Waals surface area contributed by atoms with Gasteiger partial charge in [0.1, 0.15) is 13.2 Å². The molecule has 2 heterocycles. The van der Waals surface area contributed by atoms with Crippen molar-refractivity contribution in [1.29, 1.82) is 5.26 Å². The number of carbonyl (C=O) groups excluding carboxylic acids is 1. The summed E-state index contributed by atoms with van der Waals surface area (Å²) in [4.78, 5) is 15.6. The molecule has 2 N–H and O–H groups in total. The summed E-state index contributed by atoms with van der Waals surface area (Å²) in [6.07, 6.45) is 0. The Kier molecular flexibility index (Phi) is 6.61. The van der Waals surface area contributed by atoms with E-state index in [4.69, 9.17) is 9.47 Å². The van der Waals surface area contributed by atoms with Crippen LogP contribution in [0.3, 0.4) is 0 Å². The zero-order valence-corrected chi connectivity index (χ0v) is 20.4. The Hall–Kier alpha value is -4.28. The normalized spacial score (nSPS) is 15.2. The predicted octanol–water partition coefficient (Wildman–Crippen LogP) is 5.10. The fourth-order valence-corrected chi connectivity index (χ4v) is 4.51. The number of fused-ring (bicyclic) bond motifs is 2. The van der Waals surface area contributed by atoms with Crippen molar-refractivity contribution >= 4 is 28.6 Å². The SMILES string of the molecule is CCN(CC)Cc1ccc(N/C(=C2\C(=O)Nc3cc(C#N)ccc32)c2ccc3c(c2)OCCO3)cc1. The van der Waals surface area contributed by atoms with E-state index in [0.717, 1.165) is 36.4 Å². The summed E-state index contributed by atoms with van der Waals surface area (Å²) in [6.45, 7) is 8.20. The average molecular weight is 481 g/mol. The molecule has 0 spiro atoms. The van der Waals surface area contributed by atoms with Crippen molar-refractivity contribution in [2.45, 2.75) is 20.4 Å². The highest BCUT2D eigenvalue weighted by Crippen LogP contribution is 2.40. The lowest BCUT2D eigenvalue weighted by atomic mass is 9.98. The second-order valence-electron chi connectivity index (χ2n) is 8.72. The molecule has 0 unspecified atom stereocenters. The molecule has 0 aromatic heterocycles. The second-order valence-corrected chi connectivity index (χ2v) is 8.72. The molecule has 0 bridgehead atoms. The number of nitriles is 1. The Bertz CT molecular complexity index is 1370. The molecule has 3 aromatic rings. The third kappa shape index (κ3) is 4.64. The predicted molar refractivity (Wildman–Crippen MR) is 141 cm³/mol. The van der Waals surface area contributed by atoms with Crippen molar-refractivity contribution in [2.75, 3.05) is 36.9 Å². The summed E-state index contributed by atoms with van der Waals surface area (Å²) in [5.74, 6) is 1.10. The molecule has 2 aliphatic rings. The van der Waals surface area contributed by atoms with Gasteiger partial charge in [0.25, 0.3) is 5.91 Å².